The van der Waals surface area contributed by atoms with Crippen LogP contribution in [0, 0.1) is 11.7 Å². The highest BCUT2D eigenvalue weighted by molar-refractivity contribution is 5.61. The molecule has 19 heavy (non-hydrogen) atoms. The van der Waals surface area contributed by atoms with Crippen LogP contribution in [0.5, 0.6) is 0 Å². The highest BCUT2D eigenvalue weighted by Crippen LogP contribution is 2.48. The van der Waals surface area contributed by atoms with Crippen molar-refractivity contribution in [3.8, 4) is 0 Å². The van der Waals surface area contributed by atoms with E-state index in [1.165, 1.54) is 6.42 Å². The minimum atomic E-state index is -0.0465. The zero-order valence-electron chi connectivity index (χ0n) is 11.5. The molecular weight excluding hydrogens is 239 g/mol. The van der Waals surface area contributed by atoms with Crippen molar-refractivity contribution in [2.45, 2.75) is 31.2 Å². The van der Waals surface area contributed by atoms with Crippen molar-refractivity contribution in [3.63, 3.8) is 0 Å². The van der Waals surface area contributed by atoms with E-state index in [4.69, 9.17) is 0 Å². The molecule has 0 bridgehead atoms. The van der Waals surface area contributed by atoms with Gasteiger partial charge in [0.1, 0.15) is 5.82 Å². The molecule has 0 spiro atoms. The SMILES string of the molecule is CN=CC1CCN(C2(c3ccccc3F)CCC2)C1. The molecule has 1 aromatic rings. The fourth-order valence-electron chi connectivity index (χ4n) is 3.61. The summed E-state index contributed by atoms with van der Waals surface area (Å²) >= 11 is 0. The van der Waals surface area contributed by atoms with Gasteiger partial charge in [-0.15, -0.1) is 0 Å². The number of aliphatic imine (C=N–C) groups is 1. The largest absolute Gasteiger partial charge is 0.301 e. The average Bonchev–Trinajstić information content (AvgIpc) is 2.80. The second kappa shape index (κ2) is 5.04. The van der Waals surface area contributed by atoms with Gasteiger partial charge in [-0.3, -0.25) is 4.90 Å². The summed E-state index contributed by atoms with van der Waals surface area (Å²) in [5, 5.41) is 0. The highest BCUT2D eigenvalue weighted by atomic mass is 19.1. The van der Waals surface area contributed by atoms with Crippen molar-refractivity contribution in [2.24, 2.45) is 10.9 Å². The summed E-state index contributed by atoms with van der Waals surface area (Å²) < 4.78 is 14.2. The highest BCUT2D eigenvalue weighted by Gasteiger charge is 2.47. The Bertz CT molecular complexity index is 479. The van der Waals surface area contributed by atoms with Crippen LogP contribution in [0.2, 0.25) is 0 Å². The molecule has 0 N–H and O–H groups in total. The second-order valence-electron chi connectivity index (χ2n) is 5.77. The van der Waals surface area contributed by atoms with Crippen molar-refractivity contribution in [1.82, 2.24) is 4.90 Å². The zero-order valence-corrected chi connectivity index (χ0v) is 11.5. The molecule has 0 aromatic heterocycles. The molecule has 2 nitrogen and oxygen atoms in total. The van der Waals surface area contributed by atoms with Crippen LogP contribution < -0.4 is 0 Å². The molecule has 1 aliphatic heterocycles. The third kappa shape index (κ3) is 2.10. The number of hydrogen-bond donors (Lipinski definition) is 0. The van der Waals surface area contributed by atoms with Gasteiger partial charge >= 0.3 is 0 Å². The van der Waals surface area contributed by atoms with Crippen molar-refractivity contribution in [1.29, 1.82) is 0 Å². The average molecular weight is 260 g/mol. The van der Waals surface area contributed by atoms with Gasteiger partial charge in [0.2, 0.25) is 0 Å². The lowest BCUT2D eigenvalue weighted by Gasteiger charge is -2.49. The van der Waals surface area contributed by atoms with E-state index >= 15 is 0 Å². The van der Waals surface area contributed by atoms with E-state index < -0.39 is 0 Å². The lowest BCUT2D eigenvalue weighted by molar-refractivity contribution is 0.0277. The maximum Gasteiger partial charge on any atom is 0.128 e. The van der Waals surface area contributed by atoms with Gasteiger partial charge in [-0.05, 0) is 38.3 Å². The first kappa shape index (κ1) is 12.8. The topological polar surface area (TPSA) is 15.6 Å². The monoisotopic (exact) mass is 260 g/mol. The third-order valence-electron chi connectivity index (χ3n) is 4.75. The molecular formula is C16H21FN2. The molecule has 1 saturated heterocycles. The number of rotatable bonds is 3. The van der Waals surface area contributed by atoms with Gasteiger partial charge in [-0.25, -0.2) is 4.39 Å². The van der Waals surface area contributed by atoms with Crippen LogP contribution >= 0.6 is 0 Å². The van der Waals surface area contributed by atoms with E-state index in [9.17, 15) is 4.39 Å². The van der Waals surface area contributed by atoms with Crippen LogP contribution in [0.15, 0.2) is 29.3 Å². The van der Waals surface area contributed by atoms with E-state index in [-0.39, 0.29) is 11.4 Å². The normalized spacial score (nSPS) is 26.7. The summed E-state index contributed by atoms with van der Waals surface area (Å²) in [5.41, 5.74) is 0.858. The predicted octanol–water partition coefficient (Wildman–Crippen LogP) is 3.23. The van der Waals surface area contributed by atoms with Crippen LogP contribution in [0.3, 0.4) is 0 Å². The van der Waals surface area contributed by atoms with Crippen molar-refractivity contribution in [3.05, 3.63) is 35.6 Å². The van der Waals surface area contributed by atoms with E-state index in [0.29, 0.717) is 5.92 Å². The summed E-state index contributed by atoms with van der Waals surface area (Å²) in [6.45, 7) is 2.08. The van der Waals surface area contributed by atoms with E-state index in [1.54, 1.807) is 12.1 Å². The van der Waals surface area contributed by atoms with Gasteiger partial charge in [0.05, 0.1) is 0 Å². The Labute approximate surface area is 114 Å². The van der Waals surface area contributed by atoms with Crippen LogP contribution in [-0.4, -0.2) is 31.3 Å². The smallest absolute Gasteiger partial charge is 0.128 e. The lowest BCUT2D eigenvalue weighted by Crippen LogP contribution is -2.50. The molecule has 3 rings (SSSR count). The first-order valence-corrected chi connectivity index (χ1v) is 7.18. The summed E-state index contributed by atoms with van der Waals surface area (Å²) in [6, 6.07) is 7.30. The summed E-state index contributed by atoms with van der Waals surface area (Å²) in [5.74, 6) is 0.490. The van der Waals surface area contributed by atoms with E-state index in [2.05, 4.69) is 9.89 Å². The fraction of sp³-hybridized carbons (Fsp3) is 0.562. The van der Waals surface area contributed by atoms with Crippen LogP contribution in [0.4, 0.5) is 4.39 Å². The quantitative estimate of drug-likeness (QED) is 0.762. The number of nitrogens with zero attached hydrogens (tertiary/aromatic N) is 2. The van der Waals surface area contributed by atoms with Crippen LogP contribution in [-0.2, 0) is 5.54 Å². The molecule has 3 heteroatoms. The van der Waals surface area contributed by atoms with Crippen LogP contribution in [0.1, 0.15) is 31.2 Å². The molecule has 0 amide bonds. The molecule has 1 atom stereocenters. The van der Waals surface area contributed by atoms with Crippen molar-refractivity contribution >= 4 is 6.21 Å². The van der Waals surface area contributed by atoms with E-state index in [0.717, 1.165) is 37.9 Å². The molecule has 1 heterocycles. The standard InChI is InChI=1S/C16H21FN2/c1-18-11-13-7-10-19(12-13)16(8-4-9-16)14-5-2-3-6-15(14)17/h2-3,5-6,11,13H,4,7-10,12H2,1H3. The molecule has 102 valence electrons. The minimum absolute atomic E-state index is 0.0400. The summed E-state index contributed by atoms with van der Waals surface area (Å²) in [7, 11) is 1.83. The van der Waals surface area contributed by atoms with Crippen LogP contribution in [0.25, 0.3) is 0 Å². The van der Waals surface area contributed by atoms with Crippen molar-refractivity contribution < 1.29 is 4.39 Å². The molecule has 1 saturated carbocycles. The van der Waals surface area contributed by atoms with Gasteiger partial charge < -0.3 is 4.99 Å². The van der Waals surface area contributed by atoms with E-state index in [1.807, 2.05) is 25.4 Å². The van der Waals surface area contributed by atoms with Gasteiger partial charge in [-0.2, -0.15) is 0 Å². The Balaban J connectivity index is 1.87. The Morgan fingerprint density at radius 2 is 2.16 bits per heavy atom. The van der Waals surface area contributed by atoms with Crippen molar-refractivity contribution in [2.75, 3.05) is 20.1 Å². The maximum absolute atomic E-state index is 14.2. The zero-order chi connectivity index (χ0) is 13.3. The number of halogens is 1. The fourth-order valence-corrected chi connectivity index (χ4v) is 3.61. The van der Waals surface area contributed by atoms with Gasteiger partial charge in [-0.1, -0.05) is 18.2 Å². The van der Waals surface area contributed by atoms with Gasteiger partial charge in [0.25, 0.3) is 0 Å². The molecule has 1 aliphatic carbocycles. The Morgan fingerprint density at radius 1 is 1.37 bits per heavy atom. The predicted molar refractivity (Wildman–Crippen MR) is 76.0 cm³/mol. The number of benzene rings is 1. The summed E-state index contributed by atoms with van der Waals surface area (Å²) in [4.78, 5) is 6.63. The minimum Gasteiger partial charge on any atom is -0.301 e. The Hall–Kier alpha value is -1.22. The Morgan fingerprint density at radius 3 is 2.79 bits per heavy atom. The molecule has 0 radical (unpaired) electrons. The first-order valence-electron chi connectivity index (χ1n) is 7.18. The third-order valence-corrected chi connectivity index (χ3v) is 4.75. The molecule has 1 aromatic carbocycles. The molecule has 2 aliphatic rings. The van der Waals surface area contributed by atoms with Gasteiger partial charge in [0, 0.05) is 36.8 Å². The van der Waals surface area contributed by atoms with Gasteiger partial charge in [0.15, 0.2) is 0 Å². The Kier molecular flexibility index (Phi) is 3.40. The number of likely N-dealkylation sites (tertiary alicyclic amines) is 1. The second-order valence-corrected chi connectivity index (χ2v) is 5.77. The summed E-state index contributed by atoms with van der Waals surface area (Å²) in [6.07, 6.45) is 6.58. The maximum atomic E-state index is 14.2. The molecule has 1 unspecified atom stereocenters. The first-order chi connectivity index (χ1) is 9.26. The molecule has 2 fully saturated rings. The lowest BCUT2D eigenvalue weighted by atomic mass is 9.70. The number of hydrogen-bond acceptors (Lipinski definition) is 2.